The second kappa shape index (κ2) is 6.97. The molecule has 96 valence electrons. The summed E-state index contributed by atoms with van der Waals surface area (Å²) < 4.78 is 5.55. The third kappa shape index (κ3) is 4.28. The van der Waals surface area contributed by atoms with Gasteiger partial charge in [-0.15, -0.1) is 12.4 Å². The largest absolute Gasteiger partial charge is 0.374 e. The van der Waals surface area contributed by atoms with E-state index in [0.29, 0.717) is 6.54 Å². The van der Waals surface area contributed by atoms with Crippen molar-refractivity contribution in [1.29, 1.82) is 0 Å². The number of benzene rings is 1. The third-order valence-corrected chi connectivity index (χ3v) is 3.01. The van der Waals surface area contributed by atoms with Gasteiger partial charge in [-0.3, -0.25) is 4.90 Å². The molecular formula is C13H21ClN2O. The molecule has 1 atom stereocenters. The number of halogens is 1. The van der Waals surface area contributed by atoms with Crippen molar-refractivity contribution in [3.63, 3.8) is 0 Å². The summed E-state index contributed by atoms with van der Waals surface area (Å²) in [7, 11) is 0. The molecule has 1 saturated heterocycles. The quantitative estimate of drug-likeness (QED) is 0.893. The zero-order valence-corrected chi connectivity index (χ0v) is 11.1. The molecule has 2 N–H and O–H groups in total. The summed E-state index contributed by atoms with van der Waals surface area (Å²) in [6, 6.07) is 8.72. The Hall–Kier alpha value is -0.610. The highest BCUT2D eigenvalue weighted by Gasteiger charge is 2.18. The molecule has 0 bridgehead atoms. The molecule has 2 rings (SSSR count). The van der Waals surface area contributed by atoms with E-state index in [4.69, 9.17) is 10.5 Å². The van der Waals surface area contributed by atoms with Gasteiger partial charge in [0.25, 0.3) is 0 Å². The van der Waals surface area contributed by atoms with Gasteiger partial charge in [0.05, 0.1) is 12.7 Å². The average molecular weight is 257 g/mol. The van der Waals surface area contributed by atoms with Crippen LogP contribution in [-0.4, -0.2) is 37.2 Å². The van der Waals surface area contributed by atoms with E-state index in [1.54, 1.807) is 0 Å². The summed E-state index contributed by atoms with van der Waals surface area (Å²) in [5, 5.41) is 0. The lowest BCUT2D eigenvalue weighted by molar-refractivity contribution is -0.0260. The summed E-state index contributed by atoms with van der Waals surface area (Å²) in [6.45, 7) is 6.48. The van der Waals surface area contributed by atoms with E-state index in [1.165, 1.54) is 11.1 Å². The van der Waals surface area contributed by atoms with Crippen molar-refractivity contribution < 1.29 is 4.74 Å². The van der Waals surface area contributed by atoms with Gasteiger partial charge in [-0.05, 0) is 12.5 Å². The van der Waals surface area contributed by atoms with Gasteiger partial charge < -0.3 is 10.5 Å². The number of aryl methyl sites for hydroxylation is 1. The molecule has 1 aromatic rings. The monoisotopic (exact) mass is 256 g/mol. The number of rotatable bonds is 3. The van der Waals surface area contributed by atoms with Gasteiger partial charge >= 0.3 is 0 Å². The first-order valence-electron chi connectivity index (χ1n) is 5.87. The number of nitrogens with zero attached hydrogens (tertiary/aromatic N) is 1. The molecule has 3 nitrogen and oxygen atoms in total. The predicted molar refractivity (Wildman–Crippen MR) is 72.5 cm³/mol. The molecule has 0 radical (unpaired) electrons. The van der Waals surface area contributed by atoms with Crippen LogP contribution in [0.5, 0.6) is 0 Å². The first kappa shape index (κ1) is 14.5. The smallest absolute Gasteiger partial charge is 0.0824 e. The van der Waals surface area contributed by atoms with E-state index in [-0.39, 0.29) is 18.5 Å². The Morgan fingerprint density at radius 1 is 1.35 bits per heavy atom. The van der Waals surface area contributed by atoms with Crippen LogP contribution in [0.4, 0.5) is 0 Å². The van der Waals surface area contributed by atoms with Gasteiger partial charge in [0.15, 0.2) is 0 Å². The summed E-state index contributed by atoms with van der Waals surface area (Å²) in [5.74, 6) is 0. The van der Waals surface area contributed by atoms with E-state index >= 15 is 0 Å². The maximum atomic E-state index is 5.63. The van der Waals surface area contributed by atoms with Crippen LogP contribution in [0.25, 0.3) is 0 Å². The molecule has 0 amide bonds. The van der Waals surface area contributed by atoms with Crippen LogP contribution >= 0.6 is 12.4 Å². The average Bonchev–Trinajstić information content (AvgIpc) is 2.32. The Morgan fingerprint density at radius 3 is 2.71 bits per heavy atom. The zero-order chi connectivity index (χ0) is 11.4. The van der Waals surface area contributed by atoms with Gasteiger partial charge in [-0.2, -0.15) is 0 Å². The molecule has 1 unspecified atom stereocenters. The summed E-state index contributed by atoms with van der Waals surface area (Å²) in [5.41, 5.74) is 8.30. The molecule has 1 fully saturated rings. The maximum Gasteiger partial charge on any atom is 0.0824 e. The van der Waals surface area contributed by atoms with Crippen LogP contribution in [0, 0.1) is 6.92 Å². The van der Waals surface area contributed by atoms with Gasteiger partial charge in [-0.1, -0.05) is 29.8 Å². The topological polar surface area (TPSA) is 38.5 Å². The first-order chi connectivity index (χ1) is 7.78. The number of morpholine rings is 1. The number of hydrogen-bond donors (Lipinski definition) is 1. The number of nitrogens with two attached hydrogens (primary N) is 1. The van der Waals surface area contributed by atoms with Crippen LogP contribution in [-0.2, 0) is 11.3 Å². The minimum absolute atomic E-state index is 0. The minimum Gasteiger partial charge on any atom is -0.374 e. The van der Waals surface area contributed by atoms with Gasteiger partial charge in [0.2, 0.25) is 0 Å². The number of hydrogen-bond acceptors (Lipinski definition) is 3. The Morgan fingerprint density at radius 2 is 2.06 bits per heavy atom. The standard InChI is InChI=1S/C13H20N2O.ClH/c1-11-2-4-12(5-3-11)9-15-6-7-16-13(8-14)10-15;/h2-5,13H,6-10,14H2,1H3;1H. The van der Waals surface area contributed by atoms with E-state index in [1.807, 2.05) is 0 Å². The van der Waals surface area contributed by atoms with E-state index in [2.05, 4.69) is 36.1 Å². The van der Waals surface area contributed by atoms with Gasteiger partial charge in [-0.25, -0.2) is 0 Å². The lowest BCUT2D eigenvalue weighted by Crippen LogP contribution is -2.45. The van der Waals surface area contributed by atoms with Crippen LogP contribution in [0.1, 0.15) is 11.1 Å². The third-order valence-electron chi connectivity index (χ3n) is 3.01. The van der Waals surface area contributed by atoms with Crippen LogP contribution in [0.15, 0.2) is 24.3 Å². The normalized spacial score (nSPS) is 20.9. The van der Waals surface area contributed by atoms with Gasteiger partial charge in [0, 0.05) is 26.2 Å². The molecule has 1 heterocycles. The predicted octanol–water partition coefficient (Wildman–Crippen LogP) is 1.58. The Bertz CT molecular complexity index is 329. The molecule has 4 heteroatoms. The fraction of sp³-hybridized carbons (Fsp3) is 0.538. The lowest BCUT2D eigenvalue weighted by Gasteiger charge is -2.32. The van der Waals surface area contributed by atoms with Crippen molar-refractivity contribution in [3.8, 4) is 0 Å². The van der Waals surface area contributed by atoms with Gasteiger partial charge in [0.1, 0.15) is 0 Å². The second-order valence-corrected chi connectivity index (χ2v) is 4.45. The maximum absolute atomic E-state index is 5.63. The van der Waals surface area contributed by atoms with E-state index in [9.17, 15) is 0 Å². The van der Waals surface area contributed by atoms with Crippen molar-refractivity contribution in [1.82, 2.24) is 4.90 Å². The summed E-state index contributed by atoms with van der Waals surface area (Å²) in [6.07, 6.45) is 0.208. The fourth-order valence-electron chi connectivity index (χ4n) is 2.02. The second-order valence-electron chi connectivity index (χ2n) is 4.45. The van der Waals surface area contributed by atoms with Crippen molar-refractivity contribution in [2.24, 2.45) is 5.73 Å². The highest BCUT2D eigenvalue weighted by atomic mass is 35.5. The minimum atomic E-state index is 0. The van der Waals surface area contributed by atoms with E-state index in [0.717, 1.165) is 26.2 Å². The zero-order valence-electron chi connectivity index (χ0n) is 10.3. The van der Waals surface area contributed by atoms with Crippen molar-refractivity contribution in [2.75, 3.05) is 26.2 Å². The Kier molecular flexibility index (Phi) is 5.92. The Labute approximate surface area is 109 Å². The molecule has 1 aliphatic rings. The molecule has 0 aliphatic carbocycles. The summed E-state index contributed by atoms with van der Waals surface area (Å²) >= 11 is 0. The summed E-state index contributed by atoms with van der Waals surface area (Å²) in [4.78, 5) is 2.41. The van der Waals surface area contributed by atoms with Crippen molar-refractivity contribution in [2.45, 2.75) is 19.6 Å². The molecule has 0 aromatic heterocycles. The van der Waals surface area contributed by atoms with Crippen molar-refractivity contribution in [3.05, 3.63) is 35.4 Å². The molecule has 1 aromatic carbocycles. The van der Waals surface area contributed by atoms with Crippen LogP contribution in [0.3, 0.4) is 0 Å². The first-order valence-corrected chi connectivity index (χ1v) is 5.87. The molecular weight excluding hydrogens is 236 g/mol. The molecule has 0 saturated carbocycles. The molecule has 1 aliphatic heterocycles. The van der Waals surface area contributed by atoms with E-state index < -0.39 is 0 Å². The fourth-order valence-corrected chi connectivity index (χ4v) is 2.02. The number of ether oxygens (including phenoxy) is 1. The highest BCUT2D eigenvalue weighted by Crippen LogP contribution is 2.10. The molecule has 0 spiro atoms. The van der Waals surface area contributed by atoms with Crippen LogP contribution in [0.2, 0.25) is 0 Å². The highest BCUT2D eigenvalue weighted by molar-refractivity contribution is 5.85. The molecule has 17 heavy (non-hydrogen) atoms. The SMILES string of the molecule is Cc1ccc(CN2CCOC(CN)C2)cc1.Cl. The van der Waals surface area contributed by atoms with Crippen LogP contribution < -0.4 is 5.73 Å². The van der Waals surface area contributed by atoms with Crippen molar-refractivity contribution >= 4 is 12.4 Å². The Balaban J connectivity index is 0.00000144. The lowest BCUT2D eigenvalue weighted by atomic mass is 10.1.